The van der Waals surface area contributed by atoms with Crippen molar-refractivity contribution in [2.45, 2.75) is 25.4 Å². The Morgan fingerprint density at radius 1 is 1.38 bits per heavy atom. The molecule has 3 amide bonds. The van der Waals surface area contributed by atoms with Crippen LogP contribution in [0.15, 0.2) is 41.1 Å². The van der Waals surface area contributed by atoms with E-state index in [4.69, 9.17) is 16.1 Å². The number of amides is 3. The molecule has 1 aliphatic heterocycles. The lowest BCUT2D eigenvalue weighted by Gasteiger charge is -2.37. The van der Waals surface area contributed by atoms with Crippen LogP contribution >= 0.6 is 11.6 Å². The number of hydrogen-bond acceptors (Lipinski definition) is 4. The molecule has 8 nitrogen and oxygen atoms in total. The summed E-state index contributed by atoms with van der Waals surface area (Å²) in [5.74, 6) is 0.0226. The van der Waals surface area contributed by atoms with Crippen molar-refractivity contribution >= 4 is 34.4 Å². The molecule has 0 spiro atoms. The van der Waals surface area contributed by atoms with Crippen LogP contribution < -0.4 is 5.32 Å². The number of likely N-dealkylation sites (tertiary alicyclic amines) is 1. The first-order valence-corrected chi connectivity index (χ1v) is 9.87. The van der Waals surface area contributed by atoms with Gasteiger partial charge in [-0.05, 0) is 37.1 Å². The highest BCUT2D eigenvalue weighted by molar-refractivity contribution is 6.31. The summed E-state index contributed by atoms with van der Waals surface area (Å²) in [6.07, 6.45) is 3.12. The maximum atomic E-state index is 12.6. The molecule has 1 atom stereocenters. The molecule has 2 aromatic heterocycles. The Kier molecular flexibility index (Phi) is 5.44. The first-order chi connectivity index (χ1) is 14.0. The number of nitrogens with zero attached hydrogens (tertiary/aromatic N) is 3. The Bertz CT molecular complexity index is 1020. The minimum atomic E-state index is -0.197. The van der Waals surface area contributed by atoms with Crippen LogP contribution in [0.2, 0.25) is 5.02 Å². The van der Waals surface area contributed by atoms with Crippen LogP contribution in [0.1, 0.15) is 29.1 Å². The van der Waals surface area contributed by atoms with E-state index in [1.807, 2.05) is 24.3 Å². The number of halogens is 1. The number of carbonyl (C=O) groups excluding carboxylic acids is 2. The molecule has 3 aromatic rings. The molecule has 29 heavy (non-hydrogen) atoms. The third-order valence-electron chi connectivity index (χ3n) is 5.27. The molecular weight excluding hydrogens is 394 g/mol. The molecule has 1 saturated heterocycles. The third kappa shape index (κ3) is 4.22. The number of aromatic nitrogens is 2. The Labute approximate surface area is 172 Å². The number of aromatic amines is 1. The number of fused-ring (bicyclic) bond motifs is 1. The van der Waals surface area contributed by atoms with E-state index < -0.39 is 0 Å². The van der Waals surface area contributed by atoms with Gasteiger partial charge in [0.2, 0.25) is 5.76 Å². The van der Waals surface area contributed by atoms with Crippen LogP contribution in [0.3, 0.4) is 0 Å². The van der Waals surface area contributed by atoms with Gasteiger partial charge < -0.3 is 24.6 Å². The van der Waals surface area contributed by atoms with Gasteiger partial charge in [-0.25, -0.2) is 4.79 Å². The second-order valence-corrected chi connectivity index (χ2v) is 7.66. The molecule has 1 aromatic carbocycles. The molecular formula is C20H22ClN5O3. The number of nitrogens with one attached hydrogen (secondary N) is 2. The Hall–Kier alpha value is -3.00. The predicted octanol–water partition coefficient (Wildman–Crippen LogP) is 3.26. The smallest absolute Gasteiger partial charge is 0.317 e. The largest absolute Gasteiger partial charge is 0.357 e. The van der Waals surface area contributed by atoms with E-state index in [9.17, 15) is 9.59 Å². The van der Waals surface area contributed by atoms with Crippen molar-refractivity contribution in [1.82, 2.24) is 25.3 Å². The third-order valence-corrected chi connectivity index (χ3v) is 5.50. The van der Waals surface area contributed by atoms with Gasteiger partial charge in [0.1, 0.15) is 0 Å². The number of piperidine rings is 1. The molecule has 0 unspecified atom stereocenters. The Morgan fingerprint density at radius 3 is 3.03 bits per heavy atom. The van der Waals surface area contributed by atoms with Gasteiger partial charge >= 0.3 is 6.03 Å². The van der Waals surface area contributed by atoms with Crippen molar-refractivity contribution < 1.29 is 14.1 Å². The fourth-order valence-electron chi connectivity index (χ4n) is 3.66. The monoisotopic (exact) mass is 415 g/mol. The van der Waals surface area contributed by atoms with Gasteiger partial charge in [0.25, 0.3) is 5.91 Å². The van der Waals surface area contributed by atoms with Gasteiger partial charge in [-0.2, -0.15) is 0 Å². The molecule has 1 aliphatic rings. The number of hydrogen-bond donors (Lipinski definition) is 2. The highest BCUT2D eigenvalue weighted by atomic mass is 35.5. The molecule has 3 heterocycles. The van der Waals surface area contributed by atoms with Crippen molar-refractivity contribution in [2.24, 2.45) is 0 Å². The van der Waals surface area contributed by atoms with Crippen LogP contribution in [-0.4, -0.2) is 58.1 Å². The van der Waals surface area contributed by atoms with E-state index in [1.54, 1.807) is 22.9 Å². The molecule has 152 valence electrons. The summed E-state index contributed by atoms with van der Waals surface area (Å²) in [5.41, 5.74) is 1.87. The van der Waals surface area contributed by atoms with Crippen LogP contribution in [0.25, 0.3) is 10.9 Å². The Morgan fingerprint density at radius 2 is 2.24 bits per heavy atom. The summed E-state index contributed by atoms with van der Waals surface area (Å²) >= 11 is 6.02. The van der Waals surface area contributed by atoms with Gasteiger partial charge in [0, 0.05) is 47.8 Å². The molecule has 0 aliphatic carbocycles. The molecule has 0 radical (unpaired) electrons. The fourth-order valence-corrected chi connectivity index (χ4v) is 3.84. The standard InChI is InChI=1S/C20H22ClN5O3/c1-25(16-3-2-8-26(12-16)19(27)18-6-7-23-29-18)20(28)22-11-15-10-13-9-14(21)4-5-17(13)24-15/h4-7,9-10,16,24H,2-3,8,11-12H2,1H3,(H,22,28)/t16-/m1/s1. The van der Waals surface area contributed by atoms with E-state index in [0.717, 1.165) is 29.4 Å². The van der Waals surface area contributed by atoms with Gasteiger partial charge in [0.05, 0.1) is 18.8 Å². The summed E-state index contributed by atoms with van der Waals surface area (Å²) in [7, 11) is 1.76. The van der Waals surface area contributed by atoms with E-state index in [1.165, 1.54) is 6.20 Å². The highest BCUT2D eigenvalue weighted by Gasteiger charge is 2.30. The number of urea groups is 1. The summed E-state index contributed by atoms with van der Waals surface area (Å²) < 4.78 is 4.97. The molecule has 4 rings (SSSR count). The van der Waals surface area contributed by atoms with Gasteiger partial charge in [0.15, 0.2) is 0 Å². The van der Waals surface area contributed by atoms with Crippen LogP contribution in [-0.2, 0) is 6.54 Å². The zero-order valence-corrected chi connectivity index (χ0v) is 16.8. The second-order valence-electron chi connectivity index (χ2n) is 7.22. The van der Waals surface area contributed by atoms with Crippen LogP contribution in [0.5, 0.6) is 0 Å². The number of carbonyl (C=O) groups is 2. The van der Waals surface area contributed by atoms with E-state index in [2.05, 4.69) is 15.5 Å². The summed E-state index contributed by atoms with van der Waals surface area (Å²) in [6, 6.07) is 8.91. The van der Waals surface area contributed by atoms with Crippen molar-refractivity contribution in [3.8, 4) is 0 Å². The normalized spacial score (nSPS) is 16.8. The average molecular weight is 416 g/mol. The van der Waals surface area contributed by atoms with Gasteiger partial charge in [-0.3, -0.25) is 4.79 Å². The number of H-pyrrole nitrogens is 1. The molecule has 0 saturated carbocycles. The maximum absolute atomic E-state index is 12.6. The topological polar surface area (TPSA) is 94.5 Å². The summed E-state index contributed by atoms with van der Waals surface area (Å²) in [4.78, 5) is 31.8. The molecule has 2 N–H and O–H groups in total. The lowest BCUT2D eigenvalue weighted by molar-refractivity contribution is 0.0596. The Balaban J connectivity index is 1.34. The van der Waals surface area contributed by atoms with Crippen LogP contribution in [0, 0.1) is 0 Å². The maximum Gasteiger partial charge on any atom is 0.317 e. The van der Waals surface area contributed by atoms with Crippen molar-refractivity contribution in [3.63, 3.8) is 0 Å². The van der Waals surface area contributed by atoms with E-state index in [-0.39, 0.29) is 23.7 Å². The number of likely N-dealkylation sites (N-methyl/N-ethyl adjacent to an activating group) is 1. The van der Waals surface area contributed by atoms with Crippen molar-refractivity contribution in [1.29, 1.82) is 0 Å². The van der Waals surface area contributed by atoms with E-state index >= 15 is 0 Å². The highest BCUT2D eigenvalue weighted by Crippen LogP contribution is 2.20. The van der Waals surface area contributed by atoms with E-state index in [0.29, 0.717) is 24.7 Å². The minimum absolute atomic E-state index is 0.0582. The first-order valence-electron chi connectivity index (χ1n) is 9.49. The first kappa shape index (κ1) is 19.3. The lowest BCUT2D eigenvalue weighted by atomic mass is 10.0. The molecule has 1 fully saturated rings. The zero-order chi connectivity index (χ0) is 20.4. The average Bonchev–Trinajstić information content (AvgIpc) is 3.40. The van der Waals surface area contributed by atoms with Gasteiger partial charge in [-0.1, -0.05) is 16.8 Å². The molecule has 0 bridgehead atoms. The molecule has 9 heteroatoms. The van der Waals surface area contributed by atoms with Crippen molar-refractivity contribution in [3.05, 3.63) is 53.0 Å². The number of benzene rings is 1. The SMILES string of the molecule is CN(C(=O)NCc1cc2cc(Cl)ccc2[nH]1)[C@@H]1CCCN(C(=O)c2ccno2)C1. The minimum Gasteiger partial charge on any atom is -0.357 e. The quantitative estimate of drug-likeness (QED) is 0.683. The van der Waals surface area contributed by atoms with Gasteiger partial charge in [-0.15, -0.1) is 0 Å². The lowest BCUT2D eigenvalue weighted by Crippen LogP contribution is -2.52. The zero-order valence-electron chi connectivity index (χ0n) is 16.0. The fraction of sp³-hybridized carbons (Fsp3) is 0.350. The number of rotatable bonds is 4. The van der Waals surface area contributed by atoms with Crippen molar-refractivity contribution in [2.75, 3.05) is 20.1 Å². The van der Waals surface area contributed by atoms with Crippen LogP contribution in [0.4, 0.5) is 4.79 Å². The summed E-state index contributed by atoms with van der Waals surface area (Å²) in [6.45, 7) is 1.49. The second kappa shape index (κ2) is 8.16. The predicted molar refractivity (Wildman–Crippen MR) is 109 cm³/mol. The summed E-state index contributed by atoms with van der Waals surface area (Å²) in [5, 5.41) is 8.20.